The van der Waals surface area contributed by atoms with Crippen molar-refractivity contribution >= 4 is 11.9 Å². The molecule has 0 bridgehead atoms. The summed E-state index contributed by atoms with van der Waals surface area (Å²) in [5.74, 6) is -8.60. The first-order chi connectivity index (χ1) is 4.42. The van der Waals surface area contributed by atoms with Crippen LogP contribution in [-0.4, -0.2) is 30.0 Å². The van der Waals surface area contributed by atoms with Crippen molar-refractivity contribution in [3.63, 3.8) is 0 Å². The van der Waals surface area contributed by atoms with Crippen molar-refractivity contribution in [1.82, 2.24) is 5.32 Å². The van der Waals surface area contributed by atoms with E-state index in [4.69, 9.17) is 5.11 Å². The van der Waals surface area contributed by atoms with Gasteiger partial charge < -0.3 is 10.4 Å². The van der Waals surface area contributed by atoms with Gasteiger partial charge in [-0.25, -0.2) is 4.79 Å². The van der Waals surface area contributed by atoms with E-state index in [1.165, 1.54) is 5.32 Å². The molecule has 0 aromatic carbocycles. The van der Waals surface area contributed by atoms with E-state index in [2.05, 4.69) is 0 Å². The minimum atomic E-state index is -4.32. The highest BCUT2D eigenvalue weighted by molar-refractivity contribution is 6.03. The number of amides is 1. The molecular weight excluding hydrogens is 148 g/mol. The first-order valence-electron chi connectivity index (χ1n) is 2.26. The molecular formula is C4H5F2NO3. The molecule has 0 aromatic heterocycles. The van der Waals surface area contributed by atoms with E-state index in [-0.39, 0.29) is 0 Å². The van der Waals surface area contributed by atoms with Gasteiger partial charge >= 0.3 is 17.8 Å². The zero-order chi connectivity index (χ0) is 8.36. The summed E-state index contributed by atoms with van der Waals surface area (Å²) in [6.45, 7) is 0. The molecule has 0 aliphatic carbocycles. The zero-order valence-electron chi connectivity index (χ0n) is 5.02. The van der Waals surface area contributed by atoms with Crippen LogP contribution < -0.4 is 5.32 Å². The number of carbonyl (C=O) groups excluding carboxylic acids is 1. The van der Waals surface area contributed by atoms with E-state index in [1.807, 2.05) is 0 Å². The zero-order valence-corrected chi connectivity index (χ0v) is 5.02. The van der Waals surface area contributed by atoms with E-state index < -0.39 is 17.8 Å². The Morgan fingerprint density at radius 2 is 1.90 bits per heavy atom. The first-order valence-corrected chi connectivity index (χ1v) is 2.26. The third-order valence-corrected chi connectivity index (χ3v) is 0.781. The summed E-state index contributed by atoms with van der Waals surface area (Å²) in [5, 5.41) is 9.25. The van der Waals surface area contributed by atoms with Gasteiger partial charge in [0.15, 0.2) is 0 Å². The Bertz CT molecular complexity index is 168. The van der Waals surface area contributed by atoms with Crippen molar-refractivity contribution in [2.75, 3.05) is 7.05 Å². The number of rotatable bonds is 2. The summed E-state index contributed by atoms with van der Waals surface area (Å²) in [5.41, 5.74) is 0. The van der Waals surface area contributed by atoms with Gasteiger partial charge in [0.1, 0.15) is 0 Å². The third kappa shape index (κ3) is 1.40. The predicted octanol–water partition coefficient (Wildman–Crippen LogP) is -0.548. The van der Waals surface area contributed by atoms with Crippen LogP contribution in [0.3, 0.4) is 0 Å². The van der Waals surface area contributed by atoms with E-state index in [0.717, 1.165) is 7.05 Å². The second-order valence-corrected chi connectivity index (χ2v) is 1.46. The molecule has 0 heterocycles. The minimum absolute atomic E-state index is 0.930. The maximum absolute atomic E-state index is 11.9. The molecule has 0 fully saturated rings. The lowest BCUT2D eigenvalue weighted by Gasteiger charge is -2.07. The standard InChI is InChI=1S/C4H5F2NO3/c1-7-2(8)4(5,6)3(9)10/h1H3,(H,7,8)(H,9,10). The number of hydrogen-bond acceptors (Lipinski definition) is 2. The SMILES string of the molecule is CNC(=O)C(F)(F)C(=O)O. The molecule has 0 unspecified atom stereocenters. The number of carboxylic acid groups (broad SMARTS) is 1. The van der Waals surface area contributed by atoms with Gasteiger partial charge in [-0.05, 0) is 0 Å². The van der Waals surface area contributed by atoms with E-state index in [9.17, 15) is 18.4 Å². The largest absolute Gasteiger partial charge is 0.476 e. The van der Waals surface area contributed by atoms with E-state index in [0.29, 0.717) is 0 Å². The predicted molar refractivity (Wildman–Crippen MR) is 26.6 cm³/mol. The Labute approximate surface area is 54.8 Å². The van der Waals surface area contributed by atoms with Crippen LogP contribution in [0, 0.1) is 0 Å². The smallest absolute Gasteiger partial charge is 0.418 e. The second-order valence-electron chi connectivity index (χ2n) is 1.46. The summed E-state index contributed by atoms with van der Waals surface area (Å²) < 4.78 is 23.9. The van der Waals surface area contributed by atoms with E-state index in [1.54, 1.807) is 0 Å². The Morgan fingerprint density at radius 1 is 1.50 bits per heavy atom. The molecule has 0 saturated carbocycles. The first kappa shape index (κ1) is 8.80. The molecule has 0 aliphatic heterocycles. The highest BCUT2D eigenvalue weighted by atomic mass is 19.3. The van der Waals surface area contributed by atoms with Crippen LogP contribution in [0.15, 0.2) is 0 Å². The average molecular weight is 153 g/mol. The lowest BCUT2D eigenvalue weighted by atomic mass is 10.3. The lowest BCUT2D eigenvalue weighted by Crippen LogP contribution is -2.44. The topological polar surface area (TPSA) is 66.4 Å². The Hall–Kier alpha value is -1.20. The Kier molecular flexibility index (Phi) is 2.28. The van der Waals surface area contributed by atoms with E-state index >= 15 is 0 Å². The van der Waals surface area contributed by atoms with Crippen LogP contribution in [-0.2, 0) is 9.59 Å². The fourth-order valence-corrected chi connectivity index (χ4v) is 0.254. The maximum atomic E-state index is 11.9. The quantitative estimate of drug-likeness (QED) is 0.523. The summed E-state index contributed by atoms with van der Waals surface area (Å²) in [6, 6.07) is 0. The normalized spacial score (nSPS) is 10.7. The number of aliphatic carboxylic acids is 1. The molecule has 58 valence electrons. The molecule has 0 saturated heterocycles. The third-order valence-electron chi connectivity index (χ3n) is 0.781. The van der Waals surface area contributed by atoms with Crippen molar-refractivity contribution in [2.24, 2.45) is 0 Å². The van der Waals surface area contributed by atoms with Gasteiger partial charge in [0.05, 0.1) is 0 Å². The number of halogens is 2. The molecule has 0 radical (unpaired) electrons. The highest BCUT2D eigenvalue weighted by Gasteiger charge is 2.46. The molecule has 2 N–H and O–H groups in total. The molecule has 0 rings (SSSR count). The molecule has 1 amide bonds. The van der Waals surface area contributed by atoms with Crippen LogP contribution in [0.4, 0.5) is 8.78 Å². The van der Waals surface area contributed by atoms with Crippen LogP contribution >= 0.6 is 0 Å². The van der Waals surface area contributed by atoms with Gasteiger partial charge in [0, 0.05) is 7.05 Å². The van der Waals surface area contributed by atoms with Crippen LogP contribution in [0.25, 0.3) is 0 Å². The molecule has 6 heteroatoms. The Balaban J connectivity index is 4.40. The van der Waals surface area contributed by atoms with Crippen LogP contribution in [0.1, 0.15) is 0 Å². The molecule has 10 heavy (non-hydrogen) atoms. The maximum Gasteiger partial charge on any atom is 0.418 e. The van der Waals surface area contributed by atoms with Crippen molar-refractivity contribution in [3.8, 4) is 0 Å². The van der Waals surface area contributed by atoms with Crippen molar-refractivity contribution in [3.05, 3.63) is 0 Å². The van der Waals surface area contributed by atoms with Gasteiger partial charge in [-0.3, -0.25) is 4.79 Å². The number of nitrogens with one attached hydrogen (secondary N) is 1. The van der Waals surface area contributed by atoms with Crippen molar-refractivity contribution in [2.45, 2.75) is 5.92 Å². The fourth-order valence-electron chi connectivity index (χ4n) is 0.254. The number of carboxylic acids is 1. The van der Waals surface area contributed by atoms with Crippen molar-refractivity contribution < 1.29 is 23.5 Å². The number of hydrogen-bond donors (Lipinski definition) is 2. The molecule has 0 atom stereocenters. The van der Waals surface area contributed by atoms with Gasteiger partial charge in [0.2, 0.25) is 0 Å². The molecule has 0 aliphatic rings. The van der Waals surface area contributed by atoms with Crippen LogP contribution in [0.2, 0.25) is 0 Å². The van der Waals surface area contributed by atoms with Crippen molar-refractivity contribution in [1.29, 1.82) is 0 Å². The number of carbonyl (C=O) groups is 2. The monoisotopic (exact) mass is 153 g/mol. The summed E-state index contributed by atoms with van der Waals surface area (Å²) in [7, 11) is 0.930. The van der Waals surface area contributed by atoms with Gasteiger partial charge in [-0.15, -0.1) is 0 Å². The fraction of sp³-hybridized carbons (Fsp3) is 0.500. The summed E-state index contributed by atoms with van der Waals surface area (Å²) in [6.07, 6.45) is 0. The molecule has 4 nitrogen and oxygen atoms in total. The van der Waals surface area contributed by atoms with Gasteiger partial charge in [0.25, 0.3) is 0 Å². The minimum Gasteiger partial charge on any atom is -0.476 e. The van der Waals surface area contributed by atoms with Gasteiger partial charge in [-0.1, -0.05) is 0 Å². The lowest BCUT2D eigenvalue weighted by molar-refractivity contribution is -0.172. The van der Waals surface area contributed by atoms with Crippen LogP contribution in [0.5, 0.6) is 0 Å². The Morgan fingerprint density at radius 3 is 2.00 bits per heavy atom. The average Bonchev–Trinajstić information content (AvgIpc) is 1.86. The summed E-state index contributed by atoms with van der Waals surface area (Å²) in [4.78, 5) is 19.6. The highest BCUT2D eigenvalue weighted by Crippen LogP contribution is 2.12. The molecule has 0 spiro atoms. The second kappa shape index (κ2) is 2.59. The number of alkyl halides is 2. The summed E-state index contributed by atoms with van der Waals surface area (Å²) >= 11 is 0. The molecule has 0 aromatic rings. The van der Waals surface area contributed by atoms with Gasteiger partial charge in [-0.2, -0.15) is 8.78 Å².